The topological polar surface area (TPSA) is 75.4 Å². The van der Waals surface area contributed by atoms with Crippen LogP contribution in [0.3, 0.4) is 0 Å². The summed E-state index contributed by atoms with van der Waals surface area (Å²) < 4.78 is 0. The first kappa shape index (κ1) is 16.0. The van der Waals surface area contributed by atoms with E-state index in [2.05, 4.69) is 5.32 Å². The number of nitrogen functional groups attached to an aromatic ring is 1. The molecule has 2 amide bonds. The Hall–Kier alpha value is -2.04. The summed E-state index contributed by atoms with van der Waals surface area (Å²) in [5, 5.41) is 2.70. The molecular formula is C15H23N3O2. The van der Waals surface area contributed by atoms with Crippen molar-refractivity contribution in [3.05, 3.63) is 29.3 Å². The Kier molecular flexibility index (Phi) is 5.55. The number of nitrogens with zero attached hydrogens (tertiary/aromatic N) is 1. The lowest BCUT2D eigenvalue weighted by atomic mass is 10.1. The first-order valence-corrected chi connectivity index (χ1v) is 6.86. The second-order valence-corrected chi connectivity index (χ2v) is 4.80. The Balaban J connectivity index is 2.80. The number of nitrogens with two attached hydrogens (primary N) is 1. The Morgan fingerprint density at radius 3 is 2.45 bits per heavy atom. The molecule has 1 atom stereocenters. The molecule has 0 heterocycles. The Bertz CT molecular complexity index is 496. The van der Waals surface area contributed by atoms with Gasteiger partial charge in [0.2, 0.25) is 5.91 Å². The van der Waals surface area contributed by atoms with Crippen molar-refractivity contribution >= 4 is 17.5 Å². The van der Waals surface area contributed by atoms with Gasteiger partial charge in [-0.05, 0) is 39.8 Å². The van der Waals surface area contributed by atoms with E-state index in [9.17, 15) is 9.59 Å². The first-order chi connectivity index (χ1) is 9.40. The minimum Gasteiger partial charge on any atom is -0.398 e. The molecule has 0 aromatic heterocycles. The van der Waals surface area contributed by atoms with E-state index in [1.54, 1.807) is 24.0 Å². The molecule has 1 unspecified atom stereocenters. The van der Waals surface area contributed by atoms with Crippen molar-refractivity contribution in [3.8, 4) is 0 Å². The number of hydrogen-bond acceptors (Lipinski definition) is 3. The Morgan fingerprint density at radius 2 is 1.90 bits per heavy atom. The van der Waals surface area contributed by atoms with Gasteiger partial charge >= 0.3 is 0 Å². The standard InChI is InChI=1S/C15H23N3O2/c1-5-18(6-2)15(20)11(4)17-14(19)12-9-10(3)7-8-13(12)16/h7-9,11H,5-6,16H2,1-4H3,(H,17,19). The number of nitrogens with one attached hydrogen (secondary N) is 1. The Labute approximate surface area is 120 Å². The number of amides is 2. The number of aryl methyl sites for hydroxylation is 1. The fraction of sp³-hybridized carbons (Fsp3) is 0.467. The highest BCUT2D eigenvalue weighted by atomic mass is 16.2. The normalized spacial score (nSPS) is 11.8. The second-order valence-electron chi connectivity index (χ2n) is 4.80. The first-order valence-electron chi connectivity index (χ1n) is 6.86. The van der Waals surface area contributed by atoms with Gasteiger partial charge in [-0.25, -0.2) is 0 Å². The van der Waals surface area contributed by atoms with Crippen LogP contribution in [0.15, 0.2) is 18.2 Å². The molecule has 0 aliphatic carbocycles. The smallest absolute Gasteiger partial charge is 0.254 e. The van der Waals surface area contributed by atoms with E-state index in [1.165, 1.54) is 0 Å². The van der Waals surface area contributed by atoms with Gasteiger partial charge < -0.3 is 16.0 Å². The molecular weight excluding hydrogens is 254 g/mol. The van der Waals surface area contributed by atoms with Gasteiger partial charge in [0.15, 0.2) is 0 Å². The molecule has 1 rings (SSSR count). The summed E-state index contributed by atoms with van der Waals surface area (Å²) in [4.78, 5) is 26.0. The molecule has 5 nitrogen and oxygen atoms in total. The third kappa shape index (κ3) is 3.73. The quantitative estimate of drug-likeness (QED) is 0.802. The van der Waals surface area contributed by atoms with Gasteiger partial charge in [0.05, 0.1) is 5.56 Å². The van der Waals surface area contributed by atoms with Crippen molar-refractivity contribution < 1.29 is 9.59 Å². The van der Waals surface area contributed by atoms with Crippen LogP contribution in [0.4, 0.5) is 5.69 Å². The van der Waals surface area contributed by atoms with Gasteiger partial charge in [0, 0.05) is 18.8 Å². The van der Waals surface area contributed by atoms with Crippen LogP contribution in [0.5, 0.6) is 0 Å². The monoisotopic (exact) mass is 277 g/mol. The fourth-order valence-corrected chi connectivity index (χ4v) is 2.01. The van der Waals surface area contributed by atoms with Crippen LogP contribution >= 0.6 is 0 Å². The van der Waals surface area contributed by atoms with Gasteiger partial charge in [-0.1, -0.05) is 11.6 Å². The zero-order chi connectivity index (χ0) is 15.3. The van der Waals surface area contributed by atoms with Gasteiger partial charge in [0.1, 0.15) is 6.04 Å². The summed E-state index contributed by atoms with van der Waals surface area (Å²) in [5.74, 6) is -0.409. The van der Waals surface area contributed by atoms with Crippen molar-refractivity contribution in [2.75, 3.05) is 18.8 Å². The summed E-state index contributed by atoms with van der Waals surface area (Å²) in [5.41, 5.74) is 7.57. The highest BCUT2D eigenvalue weighted by Gasteiger charge is 2.21. The summed E-state index contributed by atoms with van der Waals surface area (Å²) in [6, 6.07) is 4.69. The van der Waals surface area contributed by atoms with Crippen molar-refractivity contribution in [3.63, 3.8) is 0 Å². The van der Waals surface area contributed by atoms with Crippen LogP contribution < -0.4 is 11.1 Å². The average molecular weight is 277 g/mol. The largest absolute Gasteiger partial charge is 0.398 e. The molecule has 20 heavy (non-hydrogen) atoms. The number of benzene rings is 1. The number of hydrogen-bond donors (Lipinski definition) is 2. The maximum absolute atomic E-state index is 12.2. The molecule has 0 aliphatic heterocycles. The SMILES string of the molecule is CCN(CC)C(=O)C(C)NC(=O)c1cc(C)ccc1N. The second kappa shape index (κ2) is 6.93. The third-order valence-corrected chi connectivity index (χ3v) is 3.25. The molecule has 3 N–H and O–H groups in total. The van der Waals surface area contributed by atoms with Gasteiger partial charge in [0.25, 0.3) is 5.91 Å². The molecule has 1 aromatic rings. The lowest BCUT2D eigenvalue weighted by Crippen LogP contribution is -2.46. The van der Waals surface area contributed by atoms with Crippen LogP contribution in [0.1, 0.15) is 36.7 Å². The van der Waals surface area contributed by atoms with E-state index in [-0.39, 0.29) is 11.8 Å². The number of anilines is 1. The maximum Gasteiger partial charge on any atom is 0.254 e. The summed E-state index contributed by atoms with van der Waals surface area (Å²) in [6.07, 6.45) is 0. The van der Waals surface area contributed by atoms with Crippen LogP contribution in [-0.2, 0) is 4.79 Å². The van der Waals surface area contributed by atoms with Crippen molar-refractivity contribution in [2.45, 2.75) is 33.7 Å². The van der Waals surface area contributed by atoms with Crippen LogP contribution in [0.25, 0.3) is 0 Å². The third-order valence-electron chi connectivity index (χ3n) is 3.25. The number of rotatable bonds is 5. The Morgan fingerprint density at radius 1 is 1.30 bits per heavy atom. The zero-order valence-corrected chi connectivity index (χ0v) is 12.6. The van der Waals surface area contributed by atoms with Crippen molar-refractivity contribution in [1.82, 2.24) is 10.2 Å². The summed E-state index contributed by atoms with van der Waals surface area (Å²) in [6.45, 7) is 8.65. The average Bonchev–Trinajstić information content (AvgIpc) is 2.42. The molecule has 0 aliphatic rings. The van der Waals surface area contributed by atoms with E-state index in [0.717, 1.165) is 5.56 Å². The molecule has 5 heteroatoms. The van der Waals surface area contributed by atoms with E-state index < -0.39 is 6.04 Å². The number of carbonyl (C=O) groups excluding carboxylic acids is 2. The summed E-state index contributed by atoms with van der Waals surface area (Å²) >= 11 is 0. The molecule has 0 bridgehead atoms. The zero-order valence-electron chi connectivity index (χ0n) is 12.6. The van der Waals surface area contributed by atoms with E-state index in [0.29, 0.717) is 24.3 Å². The number of carbonyl (C=O) groups is 2. The lowest BCUT2D eigenvalue weighted by Gasteiger charge is -2.23. The predicted octanol–water partition coefficient (Wildman–Crippen LogP) is 1.56. The number of likely N-dealkylation sites (N-methyl/N-ethyl adjacent to an activating group) is 1. The van der Waals surface area contributed by atoms with Gasteiger partial charge in [-0.15, -0.1) is 0 Å². The van der Waals surface area contributed by atoms with Crippen LogP contribution in [0, 0.1) is 6.92 Å². The van der Waals surface area contributed by atoms with Crippen molar-refractivity contribution in [1.29, 1.82) is 0 Å². The molecule has 0 fully saturated rings. The maximum atomic E-state index is 12.2. The highest BCUT2D eigenvalue weighted by Crippen LogP contribution is 2.13. The van der Waals surface area contributed by atoms with E-state index in [4.69, 9.17) is 5.73 Å². The molecule has 0 radical (unpaired) electrons. The molecule has 0 saturated heterocycles. The van der Waals surface area contributed by atoms with Crippen LogP contribution in [0.2, 0.25) is 0 Å². The molecule has 110 valence electrons. The van der Waals surface area contributed by atoms with Crippen molar-refractivity contribution in [2.24, 2.45) is 0 Å². The molecule has 0 spiro atoms. The van der Waals surface area contributed by atoms with E-state index in [1.807, 2.05) is 26.8 Å². The molecule has 1 aromatic carbocycles. The summed E-state index contributed by atoms with van der Waals surface area (Å²) in [7, 11) is 0. The van der Waals surface area contributed by atoms with Gasteiger partial charge in [-0.2, -0.15) is 0 Å². The minimum absolute atomic E-state index is 0.0884. The minimum atomic E-state index is -0.567. The lowest BCUT2D eigenvalue weighted by molar-refractivity contribution is -0.132. The molecule has 0 saturated carbocycles. The highest BCUT2D eigenvalue weighted by molar-refractivity contribution is 6.01. The van der Waals surface area contributed by atoms with Crippen LogP contribution in [-0.4, -0.2) is 35.8 Å². The van der Waals surface area contributed by atoms with Gasteiger partial charge in [-0.3, -0.25) is 9.59 Å². The van der Waals surface area contributed by atoms with E-state index >= 15 is 0 Å². The fourth-order valence-electron chi connectivity index (χ4n) is 2.01. The predicted molar refractivity (Wildman–Crippen MR) is 80.4 cm³/mol.